The lowest BCUT2D eigenvalue weighted by Gasteiger charge is -2.26. The number of nitrogens with one attached hydrogen (secondary N) is 1. The molecule has 2 fully saturated rings. The first-order valence-electron chi connectivity index (χ1n) is 11.7. The van der Waals surface area contributed by atoms with Crippen LogP contribution in [0.3, 0.4) is 0 Å². The molecule has 30 heavy (non-hydrogen) atoms. The van der Waals surface area contributed by atoms with Crippen LogP contribution in [-0.2, 0) is 28.9 Å². The summed E-state index contributed by atoms with van der Waals surface area (Å²) < 4.78 is 11.3. The number of hydrogen-bond donors (Lipinski definition) is 1. The Hall–Kier alpha value is -1.28. The predicted octanol–water partition coefficient (Wildman–Crippen LogP) is 3.88. The number of aromatic nitrogens is 2. The molecule has 3 heterocycles. The lowest BCUT2D eigenvalue weighted by atomic mass is 9.89. The van der Waals surface area contributed by atoms with Crippen LogP contribution in [0.4, 0.5) is 5.82 Å². The second-order valence-corrected chi connectivity index (χ2v) is 10.3. The number of thiophene rings is 1. The Labute approximate surface area is 183 Å². The highest BCUT2D eigenvalue weighted by Crippen LogP contribution is 2.40. The fourth-order valence-electron chi connectivity index (χ4n) is 4.46. The van der Waals surface area contributed by atoms with Crippen molar-refractivity contribution in [1.29, 1.82) is 0 Å². The van der Waals surface area contributed by atoms with Gasteiger partial charge in [-0.2, -0.15) is 0 Å². The van der Waals surface area contributed by atoms with Crippen molar-refractivity contribution >= 4 is 27.4 Å². The molecule has 5 rings (SSSR count). The van der Waals surface area contributed by atoms with Gasteiger partial charge in [-0.3, -0.25) is 4.90 Å². The summed E-state index contributed by atoms with van der Waals surface area (Å²) in [5, 5.41) is 4.93. The molecule has 0 aromatic carbocycles. The van der Waals surface area contributed by atoms with Crippen molar-refractivity contribution in [1.82, 2.24) is 14.9 Å². The van der Waals surface area contributed by atoms with E-state index in [2.05, 4.69) is 17.1 Å². The maximum Gasteiger partial charge on any atom is 0.146 e. The molecule has 0 radical (unpaired) electrons. The summed E-state index contributed by atoms with van der Waals surface area (Å²) in [7, 11) is 0. The number of fused-ring (bicyclic) bond motifs is 3. The second-order valence-electron chi connectivity index (χ2n) is 9.21. The number of morpholine rings is 1. The van der Waals surface area contributed by atoms with E-state index in [9.17, 15) is 0 Å². The highest BCUT2D eigenvalue weighted by molar-refractivity contribution is 7.19. The normalized spacial score (nSPS) is 22.4. The number of anilines is 1. The van der Waals surface area contributed by atoms with E-state index in [1.54, 1.807) is 0 Å². The molecular formula is C23H34N4O2S. The van der Waals surface area contributed by atoms with E-state index in [4.69, 9.17) is 19.4 Å². The molecular weight excluding hydrogens is 396 g/mol. The Morgan fingerprint density at radius 2 is 2.07 bits per heavy atom. The summed E-state index contributed by atoms with van der Waals surface area (Å²) in [6.07, 6.45) is 7.32. The van der Waals surface area contributed by atoms with Crippen molar-refractivity contribution in [2.45, 2.75) is 52.0 Å². The highest BCUT2D eigenvalue weighted by atomic mass is 32.1. The van der Waals surface area contributed by atoms with Crippen LogP contribution in [0.5, 0.6) is 0 Å². The van der Waals surface area contributed by atoms with Gasteiger partial charge in [-0.05, 0) is 55.9 Å². The Kier molecular flexibility index (Phi) is 6.51. The van der Waals surface area contributed by atoms with Gasteiger partial charge in [-0.25, -0.2) is 9.97 Å². The molecule has 2 aromatic rings. The van der Waals surface area contributed by atoms with Gasteiger partial charge in [0.1, 0.15) is 16.5 Å². The fourth-order valence-corrected chi connectivity index (χ4v) is 5.86. The Balaban J connectivity index is 1.32. The molecule has 2 aliphatic carbocycles. The van der Waals surface area contributed by atoms with E-state index in [0.717, 1.165) is 88.9 Å². The maximum atomic E-state index is 5.81. The van der Waals surface area contributed by atoms with Crippen molar-refractivity contribution < 1.29 is 9.47 Å². The van der Waals surface area contributed by atoms with Crippen LogP contribution in [0, 0.1) is 11.8 Å². The van der Waals surface area contributed by atoms with Crippen LogP contribution in [0.15, 0.2) is 0 Å². The van der Waals surface area contributed by atoms with Gasteiger partial charge in [0, 0.05) is 37.7 Å². The van der Waals surface area contributed by atoms with Crippen molar-refractivity contribution in [2.75, 3.05) is 51.4 Å². The van der Waals surface area contributed by atoms with Crippen LogP contribution < -0.4 is 5.32 Å². The molecule has 1 saturated carbocycles. The lowest BCUT2D eigenvalue weighted by molar-refractivity contribution is 0.0331. The van der Waals surface area contributed by atoms with Gasteiger partial charge in [0.25, 0.3) is 0 Å². The average molecular weight is 431 g/mol. The zero-order valence-electron chi connectivity index (χ0n) is 18.1. The minimum Gasteiger partial charge on any atom is -0.381 e. The molecule has 6 nitrogen and oxygen atoms in total. The summed E-state index contributed by atoms with van der Waals surface area (Å²) in [5.41, 5.74) is 1.50. The smallest absolute Gasteiger partial charge is 0.146 e. The third-order valence-electron chi connectivity index (χ3n) is 6.48. The van der Waals surface area contributed by atoms with Gasteiger partial charge in [0.2, 0.25) is 0 Å². The molecule has 0 amide bonds. The Morgan fingerprint density at radius 3 is 2.90 bits per heavy atom. The van der Waals surface area contributed by atoms with Crippen molar-refractivity contribution in [3.05, 3.63) is 16.3 Å². The molecule has 0 bridgehead atoms. The third-order valence-corrected chi connectivity index (χ3v) is 7.63. The third kappa shape index (κ3) is 4.96. The van der Waals surface area contributed by atoms with Crippen LogP contribution >= 0.6 is 11.3 Å². The maximum absolute atomic E-state index is 5.81. The van der Waals surface area contributed by atoms with E-state index in [1.165, 1.54) is 46.3 Å². The van der Waals surface area contributed by atoms with Crippen molar-refractivity contribution in [3.63, 3.8) is 0 Å². The van der Waals surface area contributed by atoms with E-state index in [0.29, 0.717) is 0 Å². The standard InChI is InChI=1S/C23H34N4O2S/c1-16-3-6-18-19(13-16)30-23-21(18)22(24-7-2-10-29-15-17-4-5-17)25-20(26-23)14-27-8-11-28-12-9-27/h16-17H,2-15H2,1H3,(H,24,25,26)/t16-/m0/s1. The first-order valence-corrected chi connectivity index (χ1v) is 12.5. The molecule has 7 heteroatoms. The van der Waals surface area contributed by atoms with Gasteiger partial charge < -0.3 is 14.8 Å². The van der Waals surface area contributed by atoms with Crippen LogP contribution in [-0.4, -0.2) is 60.9 Å². The molecule has 1 saturated heterocycles. The molecule has 0 unspecified atom stereocenters. The average Bonchev–Trinajstić information content (AvgIpc) is 3.50. The largest absolute Gasteiger partial charge is 0.381 e. The van der Waals surface area contributed by atoms with Crippen LogP contribution in [0.25, 0.3) is 10.2 Å². The summed E-state index contributed by atoms with van der Waals surface area (Å²) in [5.74, 6) is 3.58. The number of rotatable bonds is 9. The van der Waals surface area contributed by atoms with Gasteiger partial charge in [0.05, 0.1) is 25.1 Å². The minimum absolute atomic E-state index is 0.770. The molecule has 1 aliphatic heterocycles. The molecule has 164 valence electrons. The monoisotopic (exact) mass is 430 g/mol. The van der Waals surface area contributed by atoms with Crippen LogP contribution in [0.1, 0.15) is 48.9 Å². The first kappa shape index (κ1) is 20.6. The Bertz CT molecular complexity index is 860. The molecule has 0 spiro atoms. The summed E-state index contributed by atoms with van der Waals surface area (Å²) in [6.45, 7) is 9.37. The lowest BCUT2D eigenvalue weighted by Crippen LogP contribution is -2.36. The van der Waals surface area contributed by atoms with E-state index < -0.39 is 0 Å². The van der Waals surface area contributed by atoms with E-state index in [1.807, 2.05) is 11.3 Å². The molecule has 2 aromatic heterocycles. The molecule has 1 atom stereocenters. The minimum atomic E-state index is 0.770. The summed E-state index contributed by atoms with van der Waals surface area (Å²) in [4.78, 5) is 15.1. The van der Waals surface area contributed by atoms with Gasteiger partial charge in [-0.15, -0.1) is 11.3 Å². The van der Waals surface area contributed by atoms with Gasteiger partial charge in [-0.1, -0.05) is 6.92 Å². The van der Waals surface area contributed by atoms with E-state index in [-0.39, 0.29) is 0 Å². The molecule has 1 N–H and O–H groups in total. The zero-order valence-corrected chi connectivity index (χ0v) is 18.9. The summed E-state index contributed by atoms with van der Waals surface area (Å²) >= 11 is 1.89. The second kappa shape index (κ2) is 9.47. The number of aryl methyl sites for hydroxylation is 1. The van der Waals surface area contributed by atoms with Crippen LogP contribution in [0.2, 0.25) is 0 Å². The van der Waals surface area contributed by atoms with E-state index >= 15 is 0 Å². The van der Waals surface area contributed by atoms with Gasteiger partial charge in [0.15, 0.2) is 0 Å². The first-order chi connectivity index (χ1) is 14.8. The molecule has 3 aliphatic rings. The highest BCUT2D eigenvalue weighted by Gasteiger charge is 2.25. The quantitative estimate of drug-likeness (QED) is 0.610. The number of ether oxygens (including phenoxy) is 2. The van der Waals surface area contributed by atoms with Crippen molar-refractivity contribution in [2.24, 2.45) is 11.8 Å². The number of nitrogens with zero attached hydrogens (tertiary/aromatic N) is 3. The number of hydrogen-bond acceptors (Lipinski definition) is 7. The SMILES string of the molecule is C[C@H]1CCc2c(sc3nc(CN4CCOCC4)nc(NCCCOCC4CC4)c23)C1. The Morgan fingerprint density at radius 1 is 1.20 bits per heavy atom. The zero-order chi connectivity index (χ0) is 20.3. The predicted molar refractivity (Wildman–Crippen MR) is 121 cm³/mol. The topological polar surface area (TPSA) is 59.5 Å². The van der Waals surface area contributed by atoms with Gasteiger partial charge >= 0.3 is 0 Å². The fraction of sp³-hybridized carbons (Fsp3) is 0.739. The summed E-state index contributed by atoms with van der Waals surface area (Å²) in [6, 6.07) is 0. The van der Waals surface area contributed by atoms with Crippen molar-refractivity contribution in [3.8, 4) is 0 Å².